The number of nitrogens with zero attached hydrogens (tertiary/aromatic N) is 4. The molecule has 3 fully saturated rings. The molecule has 0 amide bonds. The number of hydrogen-bond acceptors (Lipinski definition) is 8. The minimum Gasteiger partial charge on any atom is -0.381 e. The Morgan fingerprint density at radius 2 is 1.65 bits per heavy atom. The predicted molar refractivity (Wildman–Crippen MR) is 144 cm³/mol. The van der Waals surface area contributed by atoms with Gasteiger partial charge in [-0.2, -0.15) is 10.5 Å². The summed E-state index contributed by atoms with van der Waals surface area (Å²) in [5.41, 5.74) is 1.07. The van der Waals surface area contributed by atoms with E-state index in [0.717, 1.165) is 80.8 Å². The third-order valence-corrected chi connectivity index (χ3v) is 8.38. The Morgan fingerprint density at radius 1 is 0.946 bits per heavy atom. The van der Waals surface area contributed by atoms with Gasteiger partial charge in [0.25, 0.3) is 0 Å². The van der Waals surface area contributed by atoms with Crippen LogP contribution in [0.4, 0.5) is 11.6 Å². The zero-order valence-corrected chi connectivity index (χ0v) is 21.9. The predicted octanol–water partition coefficient (Wildman–Crippen LogP) is 5.15. The van der Waals surface area contributed by atoms with Crippen LogP contribution in [0.3, 0.4) is 0 Å². The normalized spacial score (nSPS) is 23.9. The van der Waals surface area contributed by atoms with Crippen molar-refractivity contribution in [3.63, 3.8) is 0 Å². The summed E-state index contributed by atoms with van der Waals surface area (Å²) in [6.07, 6.45) is 9.47. The highest BCUT2D eigenvalue weighted by molar-refractivity contribution is 6.33. The van der Waals surface area contributed by atoms with Gasteiger partial charge in [-0.25, -0.2) is 9.97 Å². The van der Waals surface area contributed by atoms with Gasteiger partial charge in [-0.05, 0) is 69.6 Å². The molecule has 0 bridgehead atoms. The second-order valence-corrected chi connectivity index (χ2v) is 11.2. The second kappa shape index (κ2) is 11.2. The quantitative estimate of drug-likeness (QED) is 0.416. The minimum absolute atomic E-state index is 0.0957. The van der Waals surface area contributed by atoms with E-state index in [0.29, 0.717) is 36.9 Å². The number of rotatable bonds is 9. The van der Waals surface area contributed by atoms with Crippen LogP contribution >= 0.6 is 11.6 Å². The first-order valence-corrected chi connectivity index (χ1v) is 13.7. The van der Waals surface area contributed by atoms with E-state index in [1.54, 1.807) is 6.20 Å². The highest BCUT2D eigenvalue weighted by Gasteiger charge is 2.43. The summed E-state index contributed by atoms with van der Waals surface area (Å²) in [5.74, 6) is 1.51. The largest absolute Gasteiger partial charge is 0.381 e. The number of ether oxygens (including phenoxy) is 1. The lowest BCUT2D eigenvalue weighted by Crippen LogP contribution is -2.39. The van der Waals surface area contributed by atoms with Crippen LogP contribution < -0.4 is 16.0 Å². The topological polar surface area (TPSA) is 119 Å². The molecule has 2 aliphatic carbocycles. The summed E-state index contributed by atoms with van der Waals surface area (Å²) < 4.78 is 5.43. The van der Waals surface area contributed by atoms with Crippen LogP contribution in [-0.2, 0) is 4.74 Å². The van der Waals surface area contributed by atoms with Crippen LogP contribution in [0.15, 0.2) is 30.5 Å². The Hall–Kier alpha value is -2.91. The Morgan fingerprint density at radius 3 is 2.35 bits per heavy atom. The number of halogens is 1. The molecule has 0 aromatic carbocycles. The van der Waals surface area contributed by atoms with Crippen molar-refractivity contribution < 1.29 is 4.74 Å². The van der Waals surface area contributed by atoms with Gasteiger partial charge in [-0.3, -0.25) is 0 Å². The van der Waals surface area contributed by atoms with E-state index in [2.05, 4.69) is 33.1 Å². The Balaban J connectivity index is 1.18. The van der Waals surface area contributed by atoms with Crippen molar-refractivity contribution in [2.24, 2.45) is 10.8 Å². The molecule has 5 rings (SSSR count). The second-order valence-electron chi connectivity index (χ2n) is 10.8. The zero-order valence-electron chi connectivity index (χ0n) is 21.1. The molecule has 0 atom stereocenters. The van der Waals surface area contributed by atoms with Gasteiger partial charge in [0.1, 0.15) is 11.6 Å². The summed E-state index contributed by atoms with van der Waals surface area (Å²) in [6.45, 7) is 2.59. The summed E-state index contributed by atoms with van der Waals surface area (Å²) in [7, 11) is 0. The molecular weight excluding hydrogens is 486 g/mol. The SMILES string of the molecule is N#CC1(CNc2cccc(-c3cc(N[C@H]4CC[C@H](NCC5(C#N)CC5)CC4)ncc3Cl)n2)CCOCC1. The smallest absolute Gasteiger partial charge is 0.126 e. The molecule has 2 aromatic heterocycles. The maximum absolute atomic E-state index is 9.73. The number of aromatic nitrogens is 2. The Kier molecular flexibility index (Phi) is 7.81. The molecule has 0 unspecified atom stereocenters. The monoisotopic (exact) mass is 519 g/mol. The molecule has 0 radical (unpaired) electrons. The summed E-state index contributed by atoms with van der Waals surface area (Å²) in [4.78, 5) is 9.30. The van der Waals surface area contributed by atoms with Crippen LogP contribution in [0.2, 0.25) is 5.02 Å². The fraction of sp³-hybridized carbons (Fsp3) is 0.571. The highest BCUT2D eigenvalue weighted by atomic mass is 35.5. The number of anilines is 2. The fourth-order valence-electron chi connectivity index (χ4n) is 5.22. The van der Waals surface area contributed by atoms with Gasteiger partial charge < -0.3 is 20.7 Å². The van der Waals surface area contributed by atoms with Crippen molar-refractivity contribution in [2.45, 2.75) is 63.5 Å². The van der Waals surface area contributed by atoms with Crippen molar-refractivity contribution in [1.29, 1.82) is 10.5 Å². The van der Waals surface area contributed by atoms with E-state index in [9.17, 15) is 10.5 Å². The van der Waals surface area contributed by atoms with Gasteiger partial charge in [0.05, 0.1) is 33.7 Å². The molecule has 194 valence electrons. The molecule has 1 aliphatic heterocycles. The van der Waals surface area contributed by atoms with Gasteiger partial charge in [-0.1, -0.05) is 17.7 Å². The molecule has 8 nitrogen and oxygen atoms in total. The van der Waals surface area contributed by atoms with Crippen molar-refractivity contribution >= 4 is 23.2 Å². The van der Waals surface area contributed by atoms with Gasteiger partial charge in [-0.15, -0.1) is 0 Å². The fourth-order valence-corrected chi connectivity index (χ4v) is 5.42. The average molecular weight is 520 g/mol. The molecule has 9 heteroatoms. The molecule has 3 heterocycles. The van der Waals surface area contributed by atoms with Crippen LogP contribution in [0.25, 0.3) is 11.3 Å². The summed E-state index contributed by atoms with van der Waals surface area (Å²) in [6, 6.07) is 13.6. The van der Waals surface area contributed by atoms with E-state index >= 15 is 0 Å². The molecule has 2 aromatic rings. The number of hydrogen-bond donors (Lipinski definition) is 3. The van der Waals surface area contributed by atoms with Crippen LogP contribution in [-0.4, -0.2) is 48.4 Å². The molecule has 37 heavy (non-hydrogen) atoms. The lowest BCUT2D eigenvalue weighted by molar-refractivity contribution is 0.0455. The van der Waals surface area contributed by atoms with Gasteiger partial charge in [0.15, 0.2) is 0 Å². The number of nitriles is 2. The molecule has 2 saturated carbocycles. The Bertz CT molecular complexity index is 1170. The van der Waals surface area contributed by atoms with Gasteiger partial charge in [0, 0.05) is 50.1 Å². The highest BCUT2D eigenvalue weighted by Crippen LogP contribution is 2.44. The summed E-state index contributed by atoms with van der Waals surface area (Å²) in [5, 5.41) is 30.1. The van der Waals surface area contributed by atoms with Crippen LogP contribution in [0.1, 0.15) is 51.4 Å². The zero-order chi connectivity index (χ0) is 25.7. The molecule has 0 spiro atoms. The molecule has 3 aliphatic rings. The molecule has 3 N–H and O–H groups in total. The third kappa shape index (κ3) is 6.33. The van der Waals surface area contributed by atoms with Crippen LogP contribution in [0, 0.1) is 33.5 Å². The minimum atomic E-state index is -0.426. The summed E-state index contributed by atoms with van der Waals surface area (Å²) >= 11 is 6.54. The first-order chi connectivity index (χ1) is 18.0. The van der Waals surface area contributed by atoms with Crippen molar-refractivity contribution in [3.05, 3.63) is 35.5 Å². The maximum Gasteiger partial charge on any atom is 0.126 e. The standard InChI is InChI=1S/C28H34ClN7O/c29-23-15-32-26(35-21-6-4-20(5-7-21)33-18-27(16-30)8-9-27)14-22(23)24-2-1-3-25(36-24)34-19-28(17-31)10-12-37-13-11-28/h1-3,14-15,20-21,33H,4-13,18-19H2,(H,32,35)(H,34,36)/t20-,21-. The third-order valence-electron chi connectivity index (χ3n) is 8.07. The lowest BCUT2D eigenvalue weighted by Gasteiger charge is -2.31. The molecular formula is C28H34ClN7O. The first-order valence-electron chi connectivity index (χ1n) is 13.3. The van der Waals surface area contributed by atoms with E-state index in [1.165, 1.54) is 0 Å². The Labute approximate surface area is 223 Å². The maximum atomic E-state index is 9.73. The average Bonchev–Trinajstić information content (AvgIpc) is 3.74. The van der Waals surface area contributed by atoms with Crippen molar-refractivity contribution in [1.82, 2.24) is 15.3 Å². The van der Waals surface area contributed by atoms with Crippen molar-refractivity contribution in [2.75, 3.05) is 36.9 Å². The van der Waals surface area contributed by atoms with E-state index < -0.39 is 5.41 Å². The van der Waals surface area contributed by atoms with Crippen LogP contribution in [0.5, 0.6) is 0 Å². The van der Waals surface area contributed by atoms with E-state index in [-0.39, 0.29) is 5.41 Å². The van der Waals surface area contributed by atoms with E-state index in [4.69, 9.17) is 21.3 Å². The molecule has 1 saturated heterocycles. The number of pyridine rings is 2. The van der Waals surface area contributed by atoms with Gasteiger partial charge >= 0.3 is 0 Å². The van der Waals surface area contributed by atoms with E-state index in [1.807, 2.05) is 24.3 Å². The van der Waals surface area contributed by atoms with Crippen molar-refractivity contribution in [3.8, 4) is 23.4 Å². The number of nitrogens with one attached hydrogen (secondary N) is 3. The lowest BCUT2D eigenvalue weighted by atomic mass is 9.82. The first kappa shape index (κ1) is 25.7. The van der Waals surface area contributed by atoms with Gasteiger partial charge in [0.2, 0.25) is 0 Å².